The summed E-state index contributed by atoms with van der Waals surface area (Å²) in [6.45, 7) is 6.47. The second kappa shape index (κ2) is 17.3. The molecule has 4 aliphatic rings. The van der Waals surface area contributed by atoms with Gasteiger partial charge in [-0.15, -0.1) is 0 Å². The molecule has 1 N–H and O–H groups in total. The summed E-state index contributed by atoms with van der Waals surface area (Å²) >= 11 is 6.46. The molecule has 11 nitrogen and oxygen atoms in total. The Morgan fingerprint density at radius 3 is 2.69 bits per heavy atom. The van der Waals surface area contributed by atoms with E-state index in [0.29, 0.717) is 68.9 Å². The number of carbonyl (C=O) groups is 2. The lowest BCUT2D eigenvalue weighted by Gasteiger charge is -2.42. The molecule has 0 saturated carbocycles. The average Bonchev–Trinajstić information content (AvgIpc) is 3.54. The summed E-state index contributed by atoms with van der Waals surface area (Å²) in [6.07, 6.45) is 6.19. The van der Waals surface area contributed by atoms with Gasteiger partial charge in [0.1, 0.15) is 17.6 Å². The highest BCUT2D eigenvalue weighted by atomic mass is 35.5. The summed E-state index contributed by atoms with van der Waals surface area (Å²) in [7, 11) is -0.978. The van der Waals surface area contributed by atoms with Crippen LogP contribution in [-0.4, -0.2) is 114 Å². The predicted molar refractivity (Wildman–Crippen MR) is 208 cm³/mol. The van der Waals surface area contributed by atoms with Gasteiger partial charge in [0.25, 0.3) is 5.91 Å². The molecule has 0 aromatic heterocycles. The van der Waals surface area contributed by atoms with Crippen molar-refractivity contribution in [1.29, 1.82) is 0 Å². The van der Waals surface area contributed by atoms with Crippen molar-refractivity contribution in [2.45, 2.75) is 81.5 Å². The summed E-state index contributed by atoms with van der Waals surface area (Å²) in [6, 6.07) is 9.64. The van der Waals surface area contributed by atoms with E-state index in [4.69, 9.17) is 25.8 Å². The fourth-order valence-corrected chi connectivity index (χ4v) is 10.1. The van der Waals surface area contributed by atoms with Crippen molar-refractivity contribution in [3.05, 3.63) is 70.0 Å². The van der Waals surface area contributed by atoms with Crippen molar-refractivity contribution in [2.75, 3.05) is 71.7 Å². The van der Waals surface area contributed by atoms with E-state index in [1.54, 1.807) is 44.2 Å². The SMILES string of the molecule is COCCCN(CCOC)C(=O)[C@H]1/C(F)=C/C[C@H](C)[C@@H](C)S(=O)(=O)NC(=O)c2ccc3c(c2)N(C[C@@H]2CCCN21)C[C@@]1(CCCc2cc(Cl)ccc21)CO3. The maximum absolute atomic E-state index is 16.9. The summed E-state index contributed by atoms with van der Waals surface area (Å²) < 4.78 is 63.5. The lowest BCUT2D eigenvalue weighted by atomic mass is 9.70. The minimum Gasteiger partial charge on any atom is -0.490 e. The van der Waals surface area contributed by atoms with Gasteiger partial charge < -0.3 is 24.0 Å². The van der Waals surface area contributed by atoms with E-state index in [1.807, 2.05) is 17.0 Å². The lowest BCUT2D eigenvalue weighted by Crippen LogP contribution is -2.55. The van der Waals surface area contributed by atoms with Crippen molar-refractivity contribution < 1.29 is 36.6 Å². The zero-order valence-corrected chi connectivity index (χ0v) is 33.4. The number of anilines is 1. The van der Waals surface area contributed by atoms with E-state index in [2.05, 4.69) is 15.7 Å². The van der Waals surface area contributed by atoms with Crippen molar-refractivity contribution >= 4 is 39.1 Å². The molecule has 1 aliphatic carbocycles. The highest BCUT2D eigenvalue weighted by Crippen LogP contribution is 2.45. The number of carbonyl (C=O) groups excluding carboxylic acids is 2. The van der Waals surface area contributed by atoms with Gasteiger partial charge in [-0.1, -0.05) is 30.7 Å². The molecule has 6 rings (SSSR count). The van der Waals surface area contributed by atoms with E-state index in [0.717, 1.165) is 32.1 Å². The number of sulfonamides is 1. The molecular weight excluding hydrogens is 735 g/mol. The maximum Gasteiger partial charge on any atom is 0.264 e. The van der Waals surface area contributed by atoms with Crippen LogP contribution in [0.25, 0.3) is 0 Å². The van der Waals surface area contributed by atoms with Gasteiger partial charge in [0, 0.05) is 69.0 Å². The molecule has 2 aromatic rings. The number of aryl methyl sites for hydroxylation is 1. The first-order valence-corrected chi connectivity index (χ1v) is 21.0. The standard InChI is InChI=1S/C40H54ClFN4O7S/c1-27-10-14-34(42)37(39(48)44(19-21-52-4)17-7-20-51-3)46-18-6-9-32(46)24-45-25-40(16-5-8-29-22-31(41)12-13-33(29)40)26-53-36-15-11-30(23-35(36)45)38(47)43-54(49,50)28(27)2/h11-15,22-23,27-28,32,37H,5-10,16-21,24-26H2,1-4H3,(H,43,47)/b34-14-/t27-,28+,32-,37+,40-/m0/s1. The van der Waals surface area contributed by atoms with Gasteiger partial charge in [-0.2, -0.15) is 0 Å². The van der Waals surface area contributed by atoms with Crippen molar-refractivity contribution in [3.8, 4) is 5.75 Å². The first-order chi connectivity index (χ1) is 25.9. The number of hydrogen-bond donors (Lipinski definition) is 1. The Morgan fingerprint density at radius 1 is 1.11 bits per heavy atom. The first kappa shape index (κ1) is 40.4. The fourth-order valence-electron chi connectivity index (χ4n) is 8.62. The molecule has 14 heteroatoms. The molecule has 3 aliphatic heterocycles. The van der Waals surface area contributed by atoms with E-state index in [-0.39, 0.29) is 30.5 Å². The number of halogens is 2. The second-order valence-electron chi connectivity index (χ2n) is 15.4. The third kappa shape index (κ3) is 8.60. The number of fused-ring (bicyclic) bond motifs is 4. The Kier molecular flexibility index (Phi) is 12.9. The summed E-state index contributed by atoms with van der Waals surface area (Å²) in [4.78, 5) is 34.1. The quantitative estimate of drug-likeness (QED) is 0.347. The Hall–Kier alpha value is -3.23. The number of amides is 2. The zero-order chi connectivity index (χ0) is 38.6. The van der Waals surface area contributed by atoms with Crippen molar-refractivity contribution in [1.82, 2.24) is 14.5 Å². The third-order valence-electron chi connectivity index (χ3n) is 11.8. The average molecular weight is 789 g/mol. The molecule has 54 heavy (non-hydrogen) atoms. The van der Waals surface area contributed by atoms with E-state index in [9.17, 15) is 18.0 Å². The second-order valence-corrected chi connectivity index (χ2v) is 17.8. The van der Waals surface area contributed by atoms with Crippen LogP contribution in [0.3, 0.4) is 0 Å². The minimum absolute atomic E-state index is 0.0559. The summed E-state index contributed by atoms with van der Waals surface area (Å²) in [5.41, 5.74) is 2.77. The largest absolute Gasteiger partial charge is 0.490 e. The van der Waals surface area contributed by atoms with Crippen LogP contribution < -0.4 is 14.4 Å². The number of rotatable bonds is 8. The van der Waals surface area contributed by atoms with Gasteiger partial charge >= 0.3 is 0 Å². The molecule has 0 unspecified atom stereocenters. The van der Waals surface area contributed by atoms with Crippen LogP contribution in [0.5, 0.6) is 5.75 Å². The topological polar surface area (TPSA) is 118 Å². The lowest BCUT2D eigenvalue weighted by molar-refractivity contribution is -0.137. The van der Waals surface area contributed by atoms with Crippen LogP contribution in [0.1, 0.15) is 73.9 Å². The number of ether oxygens (including phenoxy) is 3. The molecule has 1 spiro atoms. The number of hydrogen-bond acceptors (Lipinski definition) is 9. The molecule has 2 bridgehead atoms. The van der Waals surface area contributed by atoms with E-state index < -0.39 is 44.4 Å². The molecule has 0 radical (unpaired) electrons. The number of nitrogens with zero attached hydrogens (tertiary/aromatic N) is 3. The predicted octanol–water partition coefficient (Wildman–Crippen LogP) is 5.50. The van der Waals surface area contributed by atoms with E-state index >= 15 is 4.39 Å². The van der Waals surface area contributed by atoms with E-state index in [1.165, 1.54) is 24.1 Å². The normalized spacial score (nSPS) is 28.2. The van der Waals surface area contributed by atoms with Gasteiger partial charge in [-0.25, -0.2) is 17.5 Å². The van der Waals surface area contributed by atoms with Gasteiger partial charge in [0.05, 0.1) is 24.2 Å². The van der Waals surface area contributed by atoms with Gasteiger partial charge in [0.15, 0.2) is 0 Å². The van der Waals surface area contributed by atoms with Crippen molar-refractivity contribution in [3.63, 3.8) is 0 Å². The molecule has 2 aromatic carbocycles. The molecule has 1 saturated heterocycles. The smallest absolute Gasteiger partial charge is 0.264 e. The fraction of sp³-hybridized carbons (Fsp3) is 0.600. The highest BCUT2D eigenvalue weighted by molar-refractivity contribution is 7.90. The van der Waals surface area contributed by atoms with Crippen LogP contribution in [0, 0.1) is 5.92 Å². The number of methoxy groups -OCH3 is 2. The molecular formula is C40H54ClFN4O7S. The Bertz CT molecular complexity index is 1830. The molecule has 1 fully saturated rings. The monoisotopic (exact) mass is 788 g/mol. The van der Waals surface area contributed by atoms with Gasteiger partial charge in [-0.3, -0.25) is 14.5 Å². The van der Waals surface area contributed by atoms with Crippen LogP contribution in [-0.2, 0) is 36.1 Å². The van der Waals surface area contributed by atoms with Gasteiger partial charge in [0.2, 0.25) is 15.9 Å². The molecule has 2 amide bonds. The molecule has 5 atom stereocenters. The maximum atomic E-state index is 16.9. The van der Waals surface area contributed by atoms with Crippen LogP contribution in [0.15, 0.2) is 48.3 Å². The minimum atomic E-state index is -4.15. The first-order valence-electron chi connectivity index (χ1n) is 19.1. The zero-order valence-electron chi connectivity index (χ0n) is 31.8. The number of benzene rings is 2. The Balaban J connectivity index is 1.46. The Morgan fingerprint density at radius 2 is 1.91 bits per heavy atom. The number of nitrogens with one attached hydrogen (secondary N) is 1. The summed E-state index contributed by atoms with van der Waals surface area (Å²) in [5.74, 6) is -1.69. The van der Waals surface area contributed by atoms with Crippen LogP contribution in [0.2, 0.25) is 5.02 Å². The van der Waals surface area contributed by atoms with Gasteiger partial charge in [-0.05, 0) is 106 Å². The summed E-state index contributed by atoms with van der Waals surface area (Å²) in [5, 5.41) is -0.350. The number of allylic oxidation sites excluding steroid dienone is 1. The Labute approximate surface area is 324 Å². The molecule has 3 heterocycles. The third-order valence-corrected chi connectivity index (χ3v) is 14.0. The van der Waals surface area contributed by atoms with Crippen LogP contribution in [0.4, 0.5) is 10.1 Å². The molecule has 296 valence electrons. The highest BCUT2D eigenvalue weighted by Gasteiger charge is 2.45. The van der Waals surface area contributed by atoms with Crippen LogP contribution >= 0.6 is 11.6 Å². The van der Waals surface area contributed by atoms with Crippen molar-refractivity contribution in [2.24, 2.45) is 5.92 Å².